The van der Waals surface area contributed by atoms with E-state index in [1.165, 1.54) is 24.3 Å². The molecule has 0 spiro atoms. The normalized spacial score (nSPS) is 10.9. The van der Waals surface area contributed by atoms with Crippen molar-refractivity contribution in [1.82, 2.24) is 5.43 Å². The van der Waals surface area contributed by atoms with E-state index >= 15 is 0 Å². The van der Waals surface area contributed by atoms with Crippen molar-refractivity contribution in [3.05, 3.63) is 72.0 Å². The molecule has 0 bridgehead atoms. The second-order valence-corrected chi connectivity index (χ2v) is 7.25. The van der Waals surface area contributed by atoms with Gasteiger partial charge in [0.1, 0.15) is 11.6 Å². The summed E-state index contributed by atoms with van der Waals surface area (Å²) in [7, 11) is 0. The molecular formula is C25H26FN3O3. The first kappa shape index (κ1) is 22.9. The summed E-state index contributed by atoms with van der Waals surface area (Å²) in [5.74, 6) is -0.403. The van der Waals surface area contributed by atoms with Crippen LogP contribution in [0.5, 0.6) is 5.75 Å². The summed E-state index contributed by atoms with van der Waals surface area (Å²) >= 11 is 0. The topological polar surface area (TPSA) is 79.8 Å². The summed E-state index contributed by atoms with van der Waals surface area (Å²) in [5, 5.41) is 8.70. The average molecular weight is 435 g/mol. The van der Waals surface area contributed by atoms with Gasteiger partial charge in [0.25, 0.3) is 0 Å². The van der Waals surface area contributed by atoms with Crippen molar-refractivity contribution in [2.45, 2.75) is 32.6 Å². The molecule has 3 rings (SSSR count). The van der Waals surface area contributed by atoms with E-state index in [1.807, 2.05) is 36.4 Å². The van der Waals surface area contributed by atoms with Gasteiger partial charge in [-0.2, -0.15) is 5.10 Å². The molecule has 0 saturated heterocycles. The van der Waals surface area contributed by atoms with Crippen LogP contribution in [0.4, 0.5) is 10.1 Å². The maximum absolute atomic E-state index is 12.9. The third-order valence-corrected chi connectivity index (χ3v) is 4.78. The molecule has 0 atom stereocenters. The fraction of sp³-hybridized carbons (Fsp3) is 0.240. The van der Waals surface area contributed by atoms with Gasteiger partial charge in [-0.15, -0.1) is 0 Å². The first-order valence-electron chi connectivity index (χ1n) is 10.6. The van der Waals surface area contributed by atoms with Crippen molar-refractivity contribution in [3.63, 3.8) is 0 Å². The standard InChI is InChI=1S/C25H26FN3O3/c1-2-3-16-32-23-13-8-18-6-4-5-7-21(18)22(23)17-27-29-25(31)15-14-24(30)28-20-11-9-19(26)10-12-20/h4-13,17H,2-3,14-16H2,1H3,(H,28,30)(H,29,31). The number of carbonyl (C=O) groups is 2. The minimum Gasteiger partial charge on any atom is -0.493 e. The van der Waals surface area contributed by atoms with Gasteiger partial charge in [-0.25, -0.2) is 9.82 Å². The van der Waals surface area contributed by atoms with Gasteiger partial charge in [-0.1, -0.05) is 43.7 Å². The van der Waals surface area contributed by atoms with Gasteiger partial charge >= 0.3 is 0 Å². The summed E-state index contributed by atoms with van der Waals surface area (Å²) in [6.07, 6.45) is 3.50. The van der Waals surface area contributed by atoms with E-state index in [0.29, 0.717) is 18.0 Å². The Morgan fingerprint density at radius 3 is 2.53 bits per heavy atom. The number of amides is 2. The third-order valence-electron chi connectivity index (χ3n) is 4.78. The molecular weight excluding hydrogens is 409 g/mol. The van der Waals surface area contributed by atoms with E-state index in [0.717, 1.165) is 29.2 Å². The maximum atomic E-state index is 12.9. The van der Waals surface area contributed by atoms with Gasteiger partial charge < -0.3 is 10.1 Å². The van der Waals surface area contributed by atoms with Crippen molar-refractivity contribution in [1.29, 1.82) is 0 Å². The molecule has 0 radical (unpaired) electrons. The monoisotopic (exact) mass is 435 g/mol. The lowest BCUT2D eigenvalue weighted by molar-refractivity contribution is -0.124. The number of carbonyl (C=O) groups excluding carboxylic acids is 2. The highest BCUT2D eigenvalue weighted by Crippen LogP contribution is 2.27. The molecule has 3 aromatic rings. The maximum Gasteiger partial charge on any atom is 0.240 e. The van der Waals surface area contributed by atoms with Crippen LogP contribution in [0.1, 0.15) is 38.2 Å². The first-order valence-corrected chi connectivity index (χ1v) is 10.6. The molecule has 0 unspecified atom stereocenters. The van der Waals surface area contributed by atoms with Crippen LogP contribution in [0, 0.1) is 5.82 Å². The number of hydrogen-bond donors (Lipinski definition) is 2. The lowest BCUT2D eigenvalue weighted by Crippen LogP contribution is -2.20. The molecule has 3 aromatic carbocycles. The second kappa shape index (κ2) is 11.6. The molecule has 2 N–H and O–H groups in total. The van der Waals surface area contributed by atoms with E-state index in [-0.39, 0.29) is 30.5 Å². The van der Waals surface area contributed by atoms with E-state index in [2.05, 4.69) is 22.8 Å². The number of benzene rings is 3. The Hall–Kier alpha value is -3.74. The smallest absolute Gasteiger partial charge is 0.240 e. The molecule has 0 heterocycles. The quantitative estimate of drug-likeness (QED) is 0.266. The number of nitrogens with zero attached hydrogens (tertiary/aromatic N) is 1. The summed E-state index contributed by atoms with van der Waals surface area (Å²) in [6.45, 7) is 2.70. The summed E-state index contributed by atoms with van der Waals surface area (Å²) in [6, 6.07) is 17.2. The van der Waals surface area contributed by atoms with Crippen LogP contribution in [0.2, 0.25) is 0 Å². The number of hydrazone groups is 1. The lowest BCUT2D eigenvalue weighted by Gasteiger charge is -2.11. The minimum absolute atomic E-state index is 0.0155. The number of nitrogens with one attached hydrogen (secondary N) is 2. The molecule has 7 heteroatoms. The fourth-order valence-corrected chi connectivity index (χ4v) is 3.07. The van der Waals surface area contributed by atoms with E-state index < -0.39 is 0 Å². The van der Waals surface area contributed by atoms with Crippen LogP contribution < -0.4 is 15.5 Å². The first-order chi connectivity index (χ1) is 15.6. The van der Waals surface area contributed by atoms with Gasteiger partial charge in [0.05, 0.1) is 12.8 Å². The molecule has 0 aliphatic carbocycles. The highest BCUT2D eigenvalue weighted by Gasteiger charge is 2.09. The van der Waals surface area contributed by atoms with E-state index in [4.69, 9.17) is 4.74 Å². The van der Waals surface area contributed by atoms with Gasteiger partial charge in [-0.3, -0.25) is 9.59 Å². The summed E-state index contributed by atoms with van der Waals surface area (Å²) in [4.78, 5) is 24.1. The lowest BCUT2D eigenvalue weighted by atomic mass is 10.0. The molecule has 0 saturated carbocycles. The Labute approximate surface area is 186 Å². The zero-order chi connectivity index (χ0) is 22.8. The minimum atomic E-state index is -0.385. The van der Waals surface area contributed by atoms with Crippen molar-refractivity contribution < 1.29 is 18.7 Å². The predicted octanol–water partition coefficient (Wildman–Crippen LogP) is 5.03. The fourth-order valence-electron chi connectivity index (χ4n) is 3.07. The molecule has 6 nitrogen and oxygen atoms in total. The van der Waals surface area contributed by atoms with E-state index in [1.54, 1.807) is 6.21 Å². The molecule has 32 heavy (non-hydrogen) atoms. The molecule has 0 aliphatic heterocycles. The van der Waals surface area contributed by atoms with Gasteiger partial charge in [0.15, 0.2) is 0 Å². The third kappa shape index (κ3) is 6.63. The SMILES string of the molecule is CCCCOc1ccc2ccccc2c1C=NNC(=O)CCC(=O)Nc1ccc(F)cc1. The van der Waals surface area contributed by atoms with Crippen molar-refractivity contribution >= 4 is 34.5 Å². The summed E-state index contributed by atoms with van der Waals surface area (Å²) in [5.41, 5.74) is 3.72. The second-order valence-electron chi connectivity index (χ2n) is 7.25. The zero-order valence-corrected chi connectivity index (χ0v) is 17.9. The van der Waals surface area contributed by atoms with Crippen LogP contribution >= 0.6 is 0 Å². The molecule has 2 amide bonds. The number of unbranched alkanes of at least 4 members (excludes halogenated alkanes) is 1. The van der Waals surface area contributed by atoms with Gasteiger partial charge in [0, 0.05) is 24.1 Å². The molecule has 0 fully saturated rings. The van der Waals surface area contributed by atoms with Crippen LogP contribution in [0.3, 0.4) is 0 Å². The van der Waals surface area contributed by atoms with Crippen LogP contribution in [-0.4, -0.2) is 24.6 Å². The van der Waals surface area contributed by atoms with Crippen LogP contribution in [0.15, 0.2) is 65.8 Å². The Morgan fingerprint density at radius 1 is 1.00 bits per heavy atom. The van der Waals surface area contributed by atoms with Gasteiger partial charge in [-0.05, 0) is 47.5 Å². The van der Waals surface area contributed by atoms with E-state index in [9.17, 15) is 14.0 Å². The average Bonchev–Trinajstić information content (AvgIpc) is 2.80. The number of hydrogen-bond acceptors (Lipinski definition) is 4. The Bertz CT molecular complexity index is 1100. The van der Waals surface area contributed by atoms with Crippen LogP contribution in [0.25, 0.3) is 10.8 Å². The molecule has 0 aliphatic rings. The van der Waals surface area contributed by atoms with Crippen molar-refractivity contribution in [2.75, 3.05) is 11.9 Å². The Balaban J connectivity index is 1.58. The highest BCUT2D eigenvalue weighted by molar-refractivity contribution is 6.02. The number of ether oxygens (including phenoxy) is 1. The Morgan fingerprint density at radius 2 is 1.75 bits per heavy atom. The molecule has 0 aromatic heterocycles. The number of anilines is 1. The highest BCUT2D eigenvalue weighted by atomic mass is 19.1. The van der Waals surface area contributed by atoms with Crippen molar-refractivity contribution in [3.8, 4) is 5.75 Å². The number of halogens is 1. The predicted molar refractivity (Wildman–Crippen MR) is 124 cm³/mol. The zero-order valence-electron chi connectivity index (χ0n) is 17.9. The molecule has 166 valence electrons. The Kier molecular flexibility index (Phi) is 8.31. The van der Waals surface area contributed by atoms with Gasteiger partial charge in [0.2, 0.25) is 11.8 Å². The summed E-state index contributed by atoms with van der Waals surface area (Å²) < 4.78 is 18.8. The van der Waals surface area contributed by atoms with Crippen LogP contribution in [-0.2, 0) is 9.59 Å². The largest absolute Gasteiger partial charge is 0.493 e. The van der Waals surface area contributed by atoms with Crippen molar-refractivity contribution in [2.24, 2.45) is 5.10 Å². The number of rotatable bonds is 10. The number of fused-ring (bicyclic) bond motifs is 1.